The summed E-state index contributed by atoms with van der Waals surface area (Å²) in [6.45, 7) is 1.65. The Balaban J connectivity index is 2.19. The first-order chi connectivity index (χ1) is 9.92. The zero-order valence-electron chi connectivity index (χ0n) is 11.8. The fraction of sp³-hybridized carbons (Fsp3) is 0.200. The van der Waals surface area contributed by atoms with Gasteiger partial charge in [0.25, 0.3) is 10.0 Å². The first-order valence-electron chi connectivity index (χ1n) is 6.37. The second-order valence-electron chi connectivity index (χ2n) is 4.58. The fourth-order valence-corrected chi connectivity index (χ4v) is 2.86. The molecule has 0 aliphatic heterocycles. The molecular formula is C15H17NO4S. The van der Waals surface area contributed by atoms with Crippen molar-refractivity contribution in [3.05, 3.63) is 54.1 Å². The van der Waals surface area contributed by atoms with E-state index in [2.05, 4.69) is 4.72 Å². The van der Waals surface area contributed by atoms with Crippen molar-refractivity contribution in [1.82, 2.24) is 0 Å². The van der Waals surface area contributed by atoms with Crippen LogP contribution in [0.2, 0.25) is 0 Å². The van der Waals surface area contributed by atoms with Gasteiger partial charge in [-0.25, -0.2) is 8.42 Å². The Kier molecular flexibility index (Phi) is 4.50. The zero-order chi connectivity index (χ0) is 15.5. The molecule has 0 spiro atoms. The summed E-state index contributed by atoms with van der Waals surface area (Å²) in [5.41, 5.74) is 1.16. The molecule has 0 fully saturated rings. The number of aliphatic hydroxyl groups is 1. The van der Waals surface area contributed by atoms with E-state index < -0.39 is 16.1 Å². The van der Waals surface area contributed by atoms with E-state index in [9.17, 15) is 13.5 Å². The van der Waals surface area contributed by atoms with Gasteiger partial charge in [-0.1, -0.05) is 12.1 Å². The van der Waals surface area contributed by atoms with E-state index >= 15 is 0 Å². The Bertz CT molecular complexity index is 691. The van der Waals surface area contributed by atoms with Crippen LogP contribution in [-0.4, -0.2) is 20.6 Å². The van der Waals surface area contributed by atoms with E-state index in [1.54, 1.807) is 43.3 Å². The predicted octanol–water partition coefficient (Wildman–Crippen LogP) is 2.55. The zero-order valence-corrected chi connectivity index (χ0v) is 12.6. The van der Waals surface area contributed by atoms with Crippen LogP contribution in [0, 0.1) is 0 Å². The summed E-state index contributed by atoms with van der Waals surface area (Å²) in [4.78, 5) is 0.155. The molecule has 0 heterocycles. The normalized spacial score (nSPS) is 12.7. The van der Waals surface area contributed by atoms with Gasteiger partial charge in [0.15, 0.2) is 0 Å². The van der Waals surface area contributed by atoms with Gasteiger partial charge in [0.1, 0.15) is 5.75 Å². The first kappa shape index (κ1) is 15.3. The average Bonchev–Trinajstić information content (AvgIpc) is 2.47. The van der Waals surface area contributed by atoms with Gasteiger partial charge in [0, 0.05) is 5.69 Å². The van der Waals surface area contributed by atoms with Gasteiger partial charge in [0.05, 0.1) is 18.1 Å². The molecule has 6 heteroatoms. The molecule has 2 aromatic carbocycles. The van der Waals surface area contributed by atoms with Crippen molar-refractivity contribution in [1.29, 1.82) is 0 Å². The van der Waals surface area contributed by atoms with Gasteiger partial charge in [-0.05, 0) is 48.9 Å². The summed E-state index contributed by atoms with van der Waals surface area (Å²) in [7, 11) is -2.12. The summed E-state index contributed by atoms with van der Waals surface area (Å²) in [5, 5.41) is 9.42. The number of sulfonamides is 1. The SMILES string of the molecule is COc1ccc(S(=O)(=O)Nc2ccc(C(C)O)cc2)cc1. The standard InChI is InChI=1S/C15H17NO4S/c1-11(17)12-3-5-13(6-4-12)16-21(18,19)15-9-7-14(20-2)8-10-15/h3-11,16-17H,1-2H3. The monoisotopic (exact) mass is 307 g/mol. The van der Waals surface area contributed by atoms with Crippen molar-refractivity contribution < 1.29 is 18.3 Å². The molecular weight excluding hydrogens is 290 g/mol. The molecule has 1 atom stereocenters. The largest absolute Gasteiger partial charge is 0.497 e. The number of anilines is 1. The lowest BCUT2D eigenvalue weighted by Gasteiger charge is -2.10. The van der Waals surface area contributed by atoms with E-state index in [0.29, 0.717) is 11.4 Å². The molecule has 0 saturated carbocycles. The highest BCUT2D eigenvalue weighted by molar-refractivity contribution is 7.92. The van der Waals surface area contributed by atoms with Gasteiger partial charge in [0.2, 0.25) is 0 Å². The molecule has 2 rings (SSSR count). The number of benzene rings is 2. The van der Waals surface area contributed by atoms with Crippen LogP contribution in [0.3, 0.4) is 0 Å². The third-order valence-electron chi connectivity index (χ3n) is 3.02. The minimum atomic E-state index is -3.64. The van der Waals surface area contributed by atoms with E-state index in [1.807, 2.05) is 0 Å². The predicted molar refractivity (Wildman–Crippen MR) is 80.9 cm³/mol. The molecule has 0 saturated heterocycles. The van der Waals surface area contributed by atoms with E-state index in [-0.39, 0.29) is 4.90 Å². The number of hydrogen-bond acceptors (Lipinski definition) is 4. The van der Waals surface area contributed by atoms with Gasteiger partial charge in [-0.15, -0.1) is 0 Å². The number of aliphatic hydroxyl groups excluding tert-OH is 1. The molecule has 112 valence electrons. The number of methoxy groups -OCH3 is 1. The Labute approximate surface area is 124 Å². The topological polar surface area (TPSA) is 75.6 Å². The smallest absolute Gasteiger partial charge is 0.261 e. The second-order valence-corrected chi connectivity index (χ2v) is 6.26. The fourth-order valence-electron chi connectivity index (χ4n) is 1.80. The summed E-state index contributed by atoms with van der Waals surface area (Å²) in [6.07, 6.45) is -0.586. The van der Waals surface area contributed by atoms with Crippen LogP contribution in [0.1, 0.15) is 18.6 Å². The average molecular weight is 307 g/mol. The summed E-state index contributed by atoms with van der Waals surface area (Å²) in [6, 6.07) is 12.7. The minimum absolute atomic E-state index is 0.155. The number of rotatable bonds is 5. The lowest BCUT2D eigenvalue weighted by molar-refractivity contribution is 0.199. The van der Waals surface area contributed by atoms with Gasteiger partial charge in [-0.2, -0.15) is 0 Å². The lowest BCUT2D eigenvalue weighted by Crippen LogP contribution is -2.12. The molecule has 0 bridgehead atoms. The van der Waals surface area contributed by atoms with Crippen LogP contribution in [0.25, 0.3) is 0 Å². The van der Waals surface area contributed by atoms with Crippen LogP contribution in [-0.2, 0) is 10.0 Å². The maximum Gasteiger partial charge on any atom is 0.261 e. The van der Waals surface area contributed by atoms with Crippen LogP contribution in [0.5, 0.6) is 5.75 Å². The maximum atomic E-state index is 12.2. The van der Waals surface area contributed by atoms with Crippen LogP contribution >= 0.6 is 0 Å². The number of nitrogens with one attached hydrogen (secondary N) is 1. The van der Waals surface area contributed by atoms with E-state index in [1.165, 1.54) is 19.2 Å². The van der Waals surface area contributed by atoms with E-state index in [0.717, 1.165) is 5.56 Å². The van der Waals surface area contributed by atoms with Gasteiger partial charge in [-0.3, -0.25) is 4.72 Å². The molecule has 2 aromatic rings. The Morgan fingerprint density at radius 2 is 1.62 bits per heavy atom. The molecule has 2 N–H and O–H groups in total. The summed E-state index contributed by atoms with van der Waals surface area (Å²) >= 11 is 0. The van der Waals surface area contributed by atoms with Crippen molar-refractivity contribution in [3.8, 4) is 5.75 Å². The highest BCUT2D eigenvalue weighted by Gasteiger charge is 2.14. The molecule has 0 aromatic heterocycles. The Morgan fingerprint density at radius 3 is 2.10 bits per heavy atom. The molecule has 21 heavy (non-hydrogen) atoms. The van der Waals surface area contributed by atoms with Crippen molar-refractivity contribution >= 4 is 15.7 Å². The summed E-state index contributed by atoms with van der Waals surface area (Å²) < 4.78 is 31.9. The quantitative estimate of drug-likeness (QED) is 0.890. The number of ether oxygens (including phenoxy) is 1. The van der Waals surface area contributed by atoms with Crippen molar-refractivity contribution in [2.45, 2.75) is 17.9 Å². The molecule has 0 amide bonds. The van der Waals surface area contributed by atoms with Crippen molar-refractivity contribution in [2.75, 3.05) is 11.8 Å². The first-order valence-corrected chi connectivity index (χ1v) is 7.85. The third-order valence-corrected chi connectivity index (χ3v) is 4.41. The van der Waals surface area contributed by atoms with E-state index in [4.69, 9.17) is 4.74 Å². The highest BCUT2D eigenvalue weighted by Crippen LogP contribution is 2.20. The number of hydrogen-bond donors (Lipinski definition) is 2. The van der Waals surface area contributed by atoms with Gasteiger partial charge < -0.3 is 9.84 Å². The third kappa shape index (κ3) is 3.74. The lowest BCUT2D eigenvalue weighted by atomic mass is 10.1. The molecule has 0 radical (unpaired) electrons. The molecule has 1 unspecified atom stereocenters. The summed E-state index contributed by atoms with van der Waals surface area (Å²) in [5.74, 6) is 0.593. The van der Waals surface area contributed by atoms with Crippen LogP contribution < -0.4 is 9.46 Å². The minimum Gasteiger partial charge on any atom is -0.497 e. The van der Waals surface area contributed by atoms with Crippen LogP contribution in [0.15, 0.2) is 53.4 Å². The molecule has 0 aliphatic carbocycles. The van der Waals surface area contributed by atoms with Crippen molar-refractivity contribution in [2.24, 2.45) is 0 Å². The molecule has 5 nitrogen and oxygen atoms in total. The Morgan fingerprint density at radius 1 is 1.05 bits per heavy atom. The Hall–Kier alpha value is -2.05. The second kappa shape index (κ2) is 6.15. The molecule has 0 aliphatic rings. The van der Waals surface area contributed by atoms with Crippen molar-refractivity contribution in [3.63, 3.8) is 0 Å². The highest BCUT2D eigenvalue weighted by atomic mass is 32.2. The maximum absolute atomic E-state index is 12.2. The van der Waals surface area contributed by atoms with Gasteiger partial charge >= 0.3 is 0 Å². The van der Waals surface area contributed by atoms with Crippen LogP contribution in [0.4, 0.5) is 5.69 Å².